The minimum atomic E-state index is -0.274. The number of unbranched alkanes of at least 4 members (excludes halogenated alkanes) is 2. The van der Waals surface area contributed by atoms with Crippen LogP contribution in [0, 0.1) is 5.92 Å². The maximum absolute atomic E-state index is 12.7. The molecule has 0 bridgehead atoms. The standard InChI is InChI=1S/C21H30N2O4S/c1-3-5-8-15-27-18-10-7-6-9-17(18)19(24)22-21(28)23-13-11-16(12-14-23)20(25)26-4-2/h6-7,9-10,16H,3-5,8,11-15H2,1-2H3,(H,22,24,28). The molecule has 0 spiro atoms. The van der Waals surface area contributed by atoms with Gasteiger partial charge in [0.25, 0.3) is 5.91 Å². The summed E-state index contributed by atoms with van der Waals surface area (Å²) >= 11 is 5.41. The van der Waals surface area contributed by atoms with E-state index in [1.807, 2.05) is 24.0 Å². The Morgan fingerprint density at radius 3 is 2.57 bits per heavy atom. The number of ether oxygens (including phenoxy) is 2. The van der Waals surface area contributed by atoms with Gasteiger partial charge in [0.2, 0.25) is 0 Å². The summed E-state index contributed by atoms with van der Waals surface area (Å²) in [6.45, 7) is 6.17. The van der Waals surface area contributed by atoms with Crippen LogP contribution in [0.5, 0.6) is 5.75 Å². The number of nitrogens with one attached hydrogen (secondary N) is 1. The Hall–Kier alpha value is -2.15. The molecule has 154 valence electrons. The van der Waals surface area contributed by atoms with E-state index in [4.69, 9.17) is 21.7 Å². The van der Waals surface area contributed by atoms with E-state index in [0.717, 1.165) is 19.3 Å². The molecular weight excluding hydrogens is 376 g/mol. The normalized spacial score (nSPS) is 14.4. The van der Waals surface area contributed by atoms with Gasteiger partial charge in [-0.2, -0.15) is 0 Å². The van der Waals surface area contributed by atoms with E-state index in [9.17, 15) is 9.59 Å². The van der Waals surface area contributed by atoms with Crippen molar-refractivity contribution in [2.75, 3.05) is 26.3 Å². The molecule has 28 heavy (non-hydrogen) atoms. The molecule has 1 saturated heterocycles. The van der Waals surface area contributed by atoms with Crippen LogP contribution in [0.3, 0.4) is 0 Å². The number of rotatable bonds is 8. The van der Waals surface area contributed by atoms with Crippen LogP contribution in [-0.4, -0.2) is 48.2 Å². The summed E-state index contributed by atoms with van der Waals surface area (Å²) in [7, 11) is 0. The molecule has 1 aliphatic heterocycles. The zero-order valence-electron chi connectivity index (χ0n) is 16.7. The van der Waals surface area contributed by atoms with Gasteiger partial charge >= 0.3 is 5.97 Å². The van der Waals surface area contributed by atoms with Gasteiger partial charge in [0.05, 0.1) is 24.7 Å². The molecule has 1 N–H and O–H groups in total. The number of amides is 1. The summed E-state index contributed by atoms with van der Waals surface area (Å²) in [4.78, 5) is 26.5. The van der Waals surface area contributed by atoms with Crippen molar-refractivity contribution in [1.29, 1.82) is 0 Å². The fraction of sp³-hybridized carbons (Fsp3) is 0.571. The molecule has 6 nitrogen and oxygen atoms in total. The quantitative estimate of drug-likeness (QED) is 0.405. The van der Waals surface area contributed by atoms with Crippen molar-refractivity contribution in [2.24, 2.45) is 5.92 Å². The first-order valence-corrected chi connectivity index (χ1v) is 10.5. The first-order chi connectivity index (χ1) is 13.6. The van der Waals surface area contributed by atoms with Crippen molar-refractivity contribution < 1.29 is 19.1 Å². The van der Waals surface area contributed by atoms with Gasteiger partial charge in [0.15, 0.2) is 5.11 Å². The summed E-state index contributed by atoms with van der Waals surface area (Å²) in [5.74, 6) is 0.0572. The molecule has 0 aliphatic carbocycles. The number of piperidine rings is 1. The van der Waals surface area contributed by atoms with Gasteiger partial charge in [0.1, 0.15) is 5.75 Å². The van der Waals surface area contributed by atoms with Gasteiger partial charge in [-0.05, 0) is 50.5 Å². The highest BCUT2D eigenvalue weighted by molar-refractivity contribution is 7.80. The van der Waals surface area contributed by atoms with E-state index < -0.39 is 0 Å². The first-order valence-electron chi connectivity index (χ1n) is 10.1. The zero-order valence-corrected chi connectivity index (χ0v) is 17.6. The van der Waals surface area contributed by atoms with Crippen molar-refractivity contribution in [3.05, 3.63) is 29.8 Å². The van der Waals surface area contributed by atoms with Crippen LogP contribution in [0.15, 0.2) is 24.3 Å². The predicted molar refractivity (Wildman–Crippen MR) is 112 cm³/mol. The fourth-order valence-electron chi connectivity index (χ4n) is 3.14. The third-order valence-corrected chi connectivity index (χ3v) is 5.12. The number of carbonyl (C=O) groups excluding carboxylic acids is 2. The highest BCUT2D eigenvalue weighted by Gasteiger charge is 2.27. The number of carbonyl (C=O) groups is 2. The lowest BCUT2D eigenvalue weighted by atomic mass is 9.97. The topological polar surface area (TPSA) is 67.9 Å². The number of thiocarbonyl (C=S) groups is 1. The number of hydrogen-bond donors (Lipinski definition) is 1. The number of para-hydroxylation sites is 1. The van der Waals surface area contributed by atoms with Crippen LogP contribution in [0.25, 0.3) is 0 Å². The maximum atomic E-state index is 12.7. The molecule has 1 heterocycles. The lowest BCUT2D eigenvalue weighted by Crippen LogP contribution is -2.47. The van der Waals surface area contributed by atoms with Gasteiger partial charge in [0, 0.05) is 13.1 Å². The molecule has 1 aromatic rings. The molecule has 7 heteroatoms. The molecule has 1 amide bonds. The minimum absolute atomic E-state index is 0.0908. The summed E-state index contributed by atoms with van der Waals surface area (Å²) in [6.07, 6.45) is 4.52. The summed E-state index contributed by atoms with van der Waals surface area (Å²) in [5, 5.41) is 3.18. The SMILES string of the molecule is CCCCCOc1ccccc1C(=O)NC(=S)N1CCC(C(=O)OCC)CC1. The highest BCUT2D eigenvalue weighted by atomic mass is 32.1. The van der Waals surface area contributed by atoms with Gasteiger partial charge in [-0.1, -0.05) is 31.9 Å². The second-order valence-corrected chi connectivity index (χ2v) is 7.21. The van der Waals surface area contributed by atoms with Gasteiger partial charge in [-0.15, -0.1) is 0 Å². The number of esters is 1. The van der Waals surface area contributed by atoms with Gasteiger partial charge < -0.3 is 14.4 Å². The van der Waals surface area contributed by atoms with Crippen LogP contribution >= 0.6 is 12.2 Å². The number of nitrogens with zero attached hydrogens (tertiary/aromatic N) is 1. The molecule has 0 unspecified atom stereocenters. The molecule has 1 aromatic carbocycles. The van der Waals surface area contributed by atoms with E-state index in [1.165, 1.54) is 0 Å². The number of benzene rings is 1. The van der Waals surface area contributed by atoms with Crippen molar-refractivity contribution in [3.63, 3.8) is 0 Å². The lowest BCUT2D eigenvalue weighted by molar-refractivity contribution is -0.149. The Labute approximate surface area is 172 Å². The molecule has 0 radical (unpaired) electrons. The monoisotopic (exact) mass is 406 g/mol. The van der Waals surface area contributed by atoms with Crippen molar-refractivity contribution >= 4 is 29.2 Å². The molecule has 0 saturated carbocycles. The summed E-state index contributed by atoms with van der Waals surface area (Å²) < 4.78 is 10.9. The van der Waals surface area contributed by atoms with Gasteiger partial charge in [-0.3, -0.25) is 14.9 Å². The van der Waals surface area contributed by atoms with Crippen molar-refractivity contribution in [2.45, 2.75) is 46.0 Å². The smallest absolute Gasteiger partial charge is 0.309 e. The van der Waals surface area contributed by atoms with E-state index in [0.29, 0.717) is 55.6 Å². The van der Waals surface area contributed by atoms with Crippen LogP contribution in [0.2, 0.25) is 0 Å². The second-order valence-electron chi connectivity index (χ2n) is 6.82. The molecule has 1 aliphatic rings. The highest BCUT2D eigenvalue weighted by Crippen LogP contribution is 2.20. The third-order valence-electron chi connectivity index (χ3n) is 4.76. The summed E-state index contributed by atoms with van der Waals surface area (Å²) in [5.41, 5.74) is 0.475. The maximum Gasteiger partial charge on any atom is 0.309 e. The summed E-state index contributed by atoms with van der Waals surface area (Å²) in [6, 6.07) is 7.20. The molecular formula is C21H30N2O4S. The molecule has 2 rings (SSSR count). The molecule has 1 fully saturated rings. The Morgan fingerprint density at radius 1 is 1.18 bits per heavy atom. The van der Waals surface area contributed by atoms with E-state index in [1.54, 1.807) is 12.1 Å². The average molecular weight is 407 g/mol. The third kappa shape index (κ3) is 6.48. The largest absolute Gasteiger partial charge is 0.493 e. The fourth-order valence-corrected chi connectivity index (χ4v) is 3.41. The van der Waals surface area contributed by atoms with E-state index >= 15 is 0 Å². The predicted octanol–water partition coefficient (Wildman–Crippen LogP) is 3.55. The Bertz CT molecular complexity index is 672. The lowest BCUT2D eigenvalue weighted by Gasteiger charge is -2.32. The Morgan fingerprint density at radius 2 is 1.89 bits per heavy atom. The minimum Gasteiger partial charge on any atom is -0.493 e. The first kappa shape index (κ1) is 22.1. The number of likely N-dealkylation sites (tertiary alicyclic amines) is 1. The van der Waals surface area contributed by atoms with Gasteiger partial charge in [-0.25, -0.2) is 0 Å². The second kappa shape index (κ2) is 11.6. The molecule has 0 aromatic heterocycles. The Balaban J connectivity index is 1.87. The van der Waals surface area contributed by atoms with Crippen LogP contribution < -0.4 is 10.1 Å². The van der Waals surface area contributed by atoms with E-state index in [-0.39, 0.29) is 17.8 Å². The van der Waals surface area contributed by atoms with E-state index in [2.05, 4.69) is 12.2 Å². The number of hydrogen-bond acceptors (Lipinski definition) is 5. The van der Waals surface area contributed by atoms with Crippen LogP contribution in [0.4, 0.5) is 0 Å². The van der Waals surface area contributed by atoms with Crippen molar-refractivity contribution in [1.82, 2.24) is 10.2 Å². The van der Waals surface area contributed by atoms with Crippen LogP contribution in [-0.2, 0) is 9.53 Å². The molecule has 0 atom stereocenters. The van der Waals surface area contributed by atoms with Crippen molar-refractivity contribution in [3.8, 4) is 5.75 Å². The zero-order chi connectivity index (χ0) is 20.4. The Kier molecular flexibility index (Phi) is 9.20. The van der Waals surface area contributed by atoms with Crippen LogP contribution in [0.1, 0.15) is 56.3 Å². The average Bonchev–Trinajstić information content (AvgIpc) is 2.71.